The predicted molar refractivity (Wildman–Crippen MR) is 78.6 cm³/mol. The normalized spacial score (nSPS) is 11.6. The maximum atomic E-state index is 12.2. The first-order chi connectivity index (χ1) is 8.49. The van der Waals surface area contributed by atoms with Gasteiger partial charge in [-0.2, -0.15) is 11.3 Å². The molecule has 1 aromatic carbocycles. The molecule has 0 amide bonds. The minimum Gasteiger partial charge on any atom is -0.398 e. The third-order valence-corrected chi connectivity index (χ3v) is 5.54. The van der Waals surface area contributed by atoms with Gasteiger partial charge in [0.05, 0.1) is 16.3 Å². The Hall–Kier alpha value is -0.850. The van der Waals surface area contributed by atoms with Crippen molar-refractivity contribution in [3.63, 3.8) is 0 Å². The first-order valence-corrected chi connectivity index (χ1v) is 8.67. The van der Waals surface area contributed by atoms with Gasteiger partial charge in [-0.15, -0.1) is 0 Å². The topological polar surface area (TPSA) is 60.2 Å². The summed E-state index contributed by atoms with van der Waals surface area (Å²) in [4.78, 5) is 0.201. The van der Waals surface area contributed by atoms with Crippen molar-refractivity contribution in [1.82, 2.24) is 0 Å². The van der Waals surface area contributed by atoms with E-state index in [2.05, 4.69) is 15.9 Å². The van der Waals surface area contributed by atoms with Crippen LogP contribution in [0.25, 0.3) is 0 Å². The number of anilines is 1. The van der Waals surface area contributed by atoms with Gasteiger partial charge in [-0.25, -0.2) is 8.42 Å². The first kappa shape index (κ1) is 13.6. The van der Waals surface area contributed by atoms with Crippen LogP contribution >= 0.6 is 27.3 Å². The monoisotopic (exact) mass is 345 g/mol. The fraction of sp³-hybridized carbons (Fsp3) is 0.167. The van der Waals surface area contributed by atoms with Crippen LogP contribution in [0.3, 0.4) is 0 Å². The molecular formula is C12H12BrNO2S2. The fourth-order valence-corrected chi connectivity index (χ4v) is 4.25. The molecule has 3 nitrogen and oxygen atoms in total. The van der Waals surface area contributed by atoms with Gasteiger partial charge in [-0.3, -0.25) is 0 Å². The van der Waals surface area contributed by atoms with Crippen LogP contribution in [0.5, 0.6) is 0 Å². The number of rotatable bonds is 4. The summed E-state index contributed by atoms with van der Waals surface area (Å²) in [6.45, 7) is 0. The molecule has 2 aromatic rings. The van der Waals surface area contributed by atoms with Crippen molar-refractivity contribution < 1.29 is 8.42 Å². The highest BCUT2D eigenvalue weighted by Gasteiger charge is 2.18. The van der Waals surface area contributed by atoms with Gasteiger partial charge < -0.3 is 5.73 Å². The lowest BCUT2D eigenvalue weighted by Gasteiger charge is -2.07. The number of halogens is 1. The summed E-state index contributed by atoms with van der Waals surface area (Å²) < 4.78 is 25.1. The maximum absolute atomic E-state index is 12.2. The Kier molecular flexibility index (Phi) is 4.09. The average Bonchev–Trinajstić information content (AvgIpc) is 2.83. The molecule has 0 unspecified atom stereocenters. The number of sulfone groups is 1. The number of nitrogens with two attached hydrogens (primary N) is 1. The van der Waals surface area contributed by atoms with Gasteiger partial charge in [0.15, 0.2) is 9.84 Å². The van der Waals surface area contributed by atoms with Crippen LogP contribution < -0.4 is 5.73 Å². The van der Waals surface area contributed by atoms with Crippen LogP contribution in [0.2, 0.25) is 0 Å². The Morgan fingerprint density at radius 1 is 1.28 bits per heavy atom. The number of hydrogen-bond acceptors (Lipinski definition) is 4. The summed E-state index contributed by atoms with van der Waals surface area (Å²) in [6.07, 6.45) is 0.512. The standard InChI is InChI=1S/C12H12BrNO2S2/c13-10-1-2-11(14)12(7-10)18(15,16)6-4-9-3-5-17-8-9/h1-3,5,7-8H,4,6,14H2. The smallest absolute Gasteiger partial charge is 0.180 e. The number of nitrogen functional groups attached to an aromatic ring is 1. The highest BCUT2D eigenvalue weighted by Crippen LogP contribution is 2.24. The molecule has 1 aromatic heterocycles. The molecule has 0 saturated heterocycles. The Labute approximate surface area is 119 Å². The van der Waals surface area contributed by atoms with Crippen molar-refractivity contribution in [1.29, 1.82) is 0 Å². The molecule has 1 heterocycles. The Balaban J connectivity index is 2.22. The van der Waals surface area contributed by atoms with Crippen molar-refractivity contribution in [2.24, 2.45) is 0 Å². The summed E-state index contributed by atoms with van der Waals surface area (Å²) >= 11 is 4.82. The predicted octanol–water partition coefficient (Wildman–Crippen LogP) is 3.11. The molecule has 18 heavy (non-hydrogen) atoms. The third-order valence-electron chi connectivity index (χ3n) is 2.55. The number of thiophene rings is 1. The second-order valence-corrected chi connectivity index (χ2v) is 7.66. The Bertz CT molecular complexity index is 636. The molecular weight excluding hydrogens is 334 g/mol. The molecule has 6 heteroatoms. The summed E-state index contributed by atoms with van der Waals surface area (Å²) in [5.41, 5.74) is 7.06. The van der Waals surface area contributed by atoms with Crippen molar-refractivity contribution in [2.75, 3.05) is 11.5 Å². The zero-order chi connectivity index (χ0) is 13.2. The summed E-state index contributed by atoms with van der Waals surface area (Å²) in [5.74, 6) is 0.0738. The SMILES string of the molecule is Nc1ccc(Br)cc1S(=O)(=O)CCc1ccsc1. The second kappa shape index (κ2) is 5.42. The van der Waals surface area contributed by atoms with Crippen molar-refractivity contribution in [2.45, 2.75) is 11.3 Å². The van der Waals surface area contributed by atoms with E-state index < -0.39 is 9.84 Å². The molecule has 0 spiro atoms. The van der Waals surface area contributed by atoms with E-state index in [9.17, 15) is 8.42 Å². The second-order valence-electron chi connectivity index (χ2n) is 3.88. The molecule has 0 aliphatic heterocycles. The summed E-state index contributed by atoms with van der Waals surface area (Å²) in [5, 5.41) is 3.90. The molecule has 0 radical (unpaired) electrons. The van der Waals surface area contributed by atoms with E-state index in [0.29, 0.717) is 16.6 Å². The molecule has 2 N–H and O–H groups in total. The van der Waals surface area contributed by atoms with E-state index in [1.807, 2.05) is 16.8 Å². The average molecular weight is 346 g/mol. The maximum Gasteiger partial charge on any atom is 0.180 e. The quantitative estimate of drug-likeness (QED) is 0.866. The van der Waals surface area contributed by atoms with Gasteiger partial charge in [0.2, 0.25) is 0 Å². The van der Waals surface area contributed by atoms with Crippen LogP contribution in [0.1, 0.15) is 5.56 Å². The molecule has 0 aliphatic carbocycles. The van der Waals surface area contributed by atoms with Crippen LogP contribution in [0.15, 0.2) is 44.4 Å². The van der Waals surface area contributed by atoms with E-state index in [1.54, 1.807) is 29.5 Å². The number of aryl methyl sites for hydroxylation is 1. The molecule has 0 aliphatic rings. The lowest BCUT2D eigenvalue weighted by molar-refractivity contribution is 0.595. The minimum atomic E-state index is -3.34. The third kappa shape index (κ3) is 3.13. The number of benzene rings is 1. The molecule has 2 rings (SSSR count). The minimum absolute atomic E-state index is 0.0738. The van der Waals surface area contributed by atoms with Crippen molar-refractivity contribution in [3.05, 3.63) is 45.1 Å². The molecule has 0 bridgehead atoms. The van der Waals surface area contributed by atoms with Gasteiger partial charge in [-0.05, 0) is 47.0 Å². The van der Waals surface area contributed by atoms with Crippen molar-refractivity contribution in [3.8, 4) is 0 Å². The van der Waals surface area contributed by atoms with Gasteiger partial charge in [0.25, 0.3) is 0 Å². The molecule has 0 saturated carbocycles. The van der Waals surface area contributed by atoms with E-state index in [-0.39, 0.29) is 10.6 Å². The van der Waals surface area contributed by atoms with Gasteiger partial charge >= 0.3 is 0 Å². The van der Waals surface area contributed by atoms with Crippen LogP contribution in [0.4, 0.5) is 5.69 Å². The van der Waals surface area contributed by atoms with Gasteiger partial charge in [0.1, 0.15) is 0 Å². The van der Waals surface area contributed by atoms with Crippen molar-refractivity contribution >= 4 is 42.8 Å². The largest absolute Gasteiger partial charge is 0.398 e. The zero-order valence-electron chi connectivity index (χ0n) is 9.47. The van der Waals surface area contributed by atoms with Gasteiger partial charge in [0, 0.05) is 4.47 Å². The highest BCUT2D eigenvalue weighted by atomic mass is 79.9. The lowest BCUT2D eigenvalue weighted by atomic mass is 10.3. The molecule has 0 fully saturated rings. The first-order valence-electron chi connectivity index (χ1n) is 5.28. The zero-order valence-corrected chi connectivity index (χ0v) is 12.7. The lowest BCUT2D eigenvalue weighted by Crippen LogP contribution is -2.11. The van der Waals surface area contributed by atoms with E-state index in [4.69, 9.17) is 5.73 Å². The van der Waals surface area contributed by atoms with Crippen LogP contribution in [0, 0.1) is 0 Å². The fourth-order valence-electron chi connectivity index (χ4n) is 1.57. The van der Waals surface area contributed by atoms with Gasteiger partial charge in [-0.1, -0.05) is 15.9 Å². The van der Waals surface area contributed by atoms with E-state index in [0.717, 1.165) is 5.56 Å². The van der Waals surface area contributed by atoms with Crippen LogP contribution in [-0.4, -0.2) is 14.2 Å². The summed E-state index contributed by atoms with van der Waals surface area (Å²) in [6, 6.07) is 6.82. The molecule has 0 atom stereocenters. The Morgan fingerprint density at radius 3 is 2.72 bits per heavy atom. The van der Waals surface area contributed by atoms with Crippen LogP contribution in [-0.2, 0) is 16.3 Å². The Morgan fingerprint density at radius 2 is 2.06 bits per heavy atom. The summed E-state index contributed by atoms with van der Waals surface area (Å²) in [7, 11) is -3.34. The highest BCUT2D eigenvalue weighted by molar-refractivity contribution is 9.10. The van der Waals surface area contributed by atoms with E-state index in [1.165, 1.54) is 0 Å². The number of hydrogen-bond donors (Lipinski definition) is 1. The van der Waals surface area contributed by atoms with E-state index >= 15 is 0 Å². The molecule has 96 valence electrons.